The Bertz CT molecular complexity index is 398. The van der Waals surface area contributed by atoms with Crippen LogP contribution in [-0.4, -0.2) is 33.3 Å². The second-order valence-corrected chi connectivity index (χ2v) is 3.89. The molecule has 0 aliphatic carbocycles. The molecule has 0 bridgehead atoms. The molecule has 1 aromatic carbocycles. The second-order valence-electron chi connectivity index (χ2n) is 3.89. The van der Waals surface area contributed by atoms with Gasteiger partial charge in [0.15, 0.2) is 0 Å². The minimum atomic E-state index is -0.519. The Hall–Kier alpha value is -1.75. The van der Waals surface area contributed by atoms with E-state index in [2.05, 4.69) is 5.32 Å². The topological polar surface area (TPSA) is 56.8 Å². The van der Waals surface area contributed by atoms with Crippen molar-refractivity contribution in [3.05, 3.63) is 23.8 Å². The van der Waals surface area contributed by atoms with Gasteiger partial charge in [0.1, 0.15) is 17.5 Å². The molecule has 106 valence electrons. The number of hydrogen-bond donors (Lipinski definition) is 1. The molecule has 0 fully saturated rings. The zero-order valence-electron chi connectivity index (χ0n) is 11.9. The lowest BCUT2D eigenvalue weighted by molar-refractivity contribution is -0.145. The Morgan fingerprint density at radius 1 is 1.16 bits per heavy atom. The molecule has 0 saturated heterocycles. The minimum Gasteiger partial charge on any atom is -0.497 e. The average molecular weight is 267 g/mol. The highest BCUT2D eigenvalue weighted by molar-refractivity contribution is 5.78. The molecule has 5 nitrogen and oxygen atoms in total. The number of ether oxygens (including phenoxy) is 3. The Kier molecular flexibility index (Phi) is 6.15. The summed E-state index contributed by atoms with van der Waals surface area (Å²) in [5.41, 5.74) is 0.761. The molecule has 1 N–H and O–H groups in total. The first kappa shape index (κ1) is 15.3. The first-order chi connectivity index (χ1) is 9.15. The van der Waals surface area contributed by atoms with E-state index in [1.54, 1.807) is 39.3 Å². The number of rotatable bonds is 7. The number of likely N-dealkylation sites (N-methyl/N-ethyl adjacent to an activating group) is 1. The van der Waals surface area contributed by atoms with Crippen LogP contribution < -0.4 is 14.8 Å². The molecule has 1 aromatic rings. The number of methoxy groups -OCH3 is 2. The van der Waals surface area contributed by atoms with Gasteiger partial charge in [-0.3, -0.25) is 0 Å². The Morgan fingerprint density at radius 3 is 2.16 bits per heavy atom. The number of carbonyl (C=O) groups excluding carboxylic acids is 1. The van der Waals surface area contributed by atoms with E-state index in [1.807, 2.05) is 6.92 Å². The average Bonchev–Trinajstić information content (AvgIpc) is 2.44. The number of benzene rings is 1. The quantitative estimate of drug-likeness (QED) is 0.765. The second kappa shape index (κ2) is 7.63. The molecule has 0 radical (unpaired) electrons. The van der Waals surface area contributed by atoms with Crippen LogP contribution in [0, 0.1) is 0 Å². The van der Waals surface area contributed by atoms with Crippen LogP contribution in [-0.2, 0) is 9.53 Å². The smallest absolute Gasteiger partial charge is 0.327 e. The lowest BCUT2D eigenvalue weighted by Gasteiger charge is -2.18. The fourth-order valence-corrected chi connectivity index (χ4v) is 1.76. The number of carbonyl (C=O) groups is 1. The SMILES string of the molecule is CCNC(C(=O)OCC)c1cc(OC)cc(OC)c1. The van der Waals surface area contributed by atoms with E-state index in [9.17, 15) is 4.79 Å². The van der Waals surface area contributed by atoms with Gasteiger partial charge < -0.3 is 19.5 Å². The third kappa shape index (κ3) is 4.13. The van der Waals surface area contributed by atoms with Gasteiger partial charge in [-0.05, 0) is 31.2 Å². The van der Waals surface area contributed by atoms with Crippen molar-refractivity contribution in [2.24, 2.45) is 0 Å². The number of esters is 1. The molecule has 0 amide bonds. The molecular formula is C14H21NO4. The van der Waals surface area contributed by atoms with Gasteiger partial charge in [-0.1, -0.05) is 6.92 Å². The van der Waals surface area contributed by atoms with Crippen molar-refractivity contribution < 1.29 is 19.0 Å². The van der Waals surface area contributed by atoms with E-state index in [4.69, 9.17) is 14.2 Å². The summed E-state index contributed by atoms with van der Waals surface area (Å²) in [6.07, 6.45) is 0. The summed E-state index contributed by atoms with van der Waals surface area (Å²) in [5, 5.41) is 3.10. The van der Waals surface area contributed by atoms with Gasteiger partial charge in [0, 0.05) is 6.07 Å². The Labute approximate surface area is 113 Å². The van der Waals surface area contributed by atoms with Crippen molar-refractivity contribution in [3.8, 4) is 11.5 Å². The van der Waals surface area contributed by atoms with Crippen molar-refractivity contribution in [1.29, 1.82) is 0 Å². The lowest BCUT2D eigenvalue weighted by Crippen LogP contribution is -2.30. The molecule has 0 aliphatic heterocycles. The monoisotopic (exact) mass is 267 g/mol. The molecule has 0 aliphatic rings. The Morgan fingerprint density at radius 2 is 1.74 bits per heavy atom. The molecule has 1 atom stereocenters. The normalized spacial score (nSPS) is 11.8. The van der Waals surface area contributed by atoms with Crippen molar-refractivity contribution in [2.45, 2.75) is 19.9 Å². The standard InChI is InChI=1S/C14H21NO4/c1-5-15-13(14(16)19-6-2)10-7-11(17-3)9-12(8-10)18-4/h7-9,13,15H,5-6H2,1-4H3. The predicted octanol–water partition coefficient (Wildman–Crippen LogP) is 1.92. The largest absolute Gasteiger partial charge is 0.497 e. The van der Waals surface area contributed by atoms with Crippen LogP contribution in [0.4, 0.5) is 0 Å². The van der Waals surface area contributed by atoms with Gasteiger partial charge in [-0.25, -0.2) is 4.79 Å². The molecular weight excluding hydrogens is 246 g/mol. The Balaban J connectivity index is 3.09. The van der Waals surface area contributed by atoms with Crippen molar-refractivity contribution in [2.75, 3.05) is 27.4 Å². The maximum absolute atomic E-state index is 12.0. The molecule has 1 unspecified atom stereocenters. The maximum atomic E-state index is 12.0. The third-order valence-corrected chi connectivity index (χ3v) is 2.64. The van der Waals surface area contributed by atoms with E-state index >= 15 is 0 Å². The zero-order valence-corrected chi connectivity index (χ0v) is 11.9. The van der Waals surface area contributed by atoms with Gasteiger partial charge in [0.05, 0.1) is 20.8 Å². The maximum Gasteiger partial charge on any atom is 0.327 e. The third-order valence-electron chi connectivity index (χ3n) is 2.64. The van der Waals surface area contributed by atoms with Crippen LogP contribution in [0.5, 0.6) is 11.5 Å². The van der Waals surface area contributed by atoms with Crippen LogP contribution in [0.1, 0.15) is 25.5 Å². The summed E-state index contributed by atoms with van der Waals surface area (Å²) in [4.78, 5) is 12.0. The highest BCUT2D eigenvalue weighted by Gasteiger charge is 2.22. The molecule has 0 aromatic heterocycles. The number of nitrogens with one attached hydrogen (secondary N) is 1. The van der Waals surface area contributed by atoms with E-state index in [1.165, 1.54) is 0 Å². The van der Waals surface area contributed by atoms with E-state index < -0.39 is 6.04 Å². The van der Waals surface area contributed by atoms with Crippen molar-refractivity contribution in [3.63, 3.8) is 0 Å². The molecule has 0 saturated carbocycles. The highest BCUT2D eigenvalue weighted by Crippen LogP contribution is 2.27. The predicted molar refractivity (Wildman–Crippen MR) is 72.6 cm³/mol. The van der Waals surface area contributed by atoms with Crippen molar-refractivity contribution >= 4 is 5.97 Å². The van der Waals surface area contributed by atoms with Crippen LogP contribution >= 0.6 is 0 Å². The summed E-state index contributed by atoms with van der Waals surface area (Å²) in [6.45, 7) is 4.72. The summed E-state index contributed by atoms with van der Waals surface area (Å²) in [7, 11) is 3.15. The fraction of sp³-hybridized carbons (Fsp3) is 0.500. The summed E-state index contributed by atoms with van der Waals surface area (Å²) in [5.74, 6) is 0.975. The molecule has 0 heterocycles. The molecule has 0 spiro atoms. The van der Waals surface area contributed by atoms with Gasteiger partial charge in [-0.2, -0.15) is 0 Å². The first-order valence-electron chi connectivity index (χ1n) is 6.29. The summed E-state index contributed by atoms with van der Waals surface area (Å²) < 4.78 is 15.5. The van der Waals surface area contributed by atoms with E-state index in [-0.39, 0.29) is 5.97 Å². The van der Waals surface area contributed by atoms with Crippen LogP contribution in [0.2, 0.25) is 0 Å². The zero-order chi connectivity index (χ0) is 14.3. The van der Waals surface area contributed by atoms with Crippen LogP contribution in [0.15, 0.2) is 18.2 Å². The van der Waals surface area contributed by atoms with Gasteiger partial charge in [0.2, 0.25) is 0 Å². The molecule has 19 heavy (non-hydrogen) atoms. The summed E-state index contributed by atoms with van der Waals surface area (Å²) >= 11 is 0. The lowest BCUT2D eigenvalue weighted by atomic mass is 10.1. The van der Waals surface area contributed by atoms with Crippen LogP contribution in [0.3, 0.4) is 0 Å². The van der Waals surface area contributed by atoms with Gasteiger partial charge >= 0.3 is 5.97 Å². The van der Waals surface area contributed by atoms with Gasteiger partial charge in [-0.15, -0.1) is 0 Å². The van der Waals surface area contributed by atoms with E-state index in [0.717, 1.165) is 5.56 Å². The van der Waals surface area contributed by atoms with Crippen molar-refractivity contribution in [1.82, 2.24) is 5.32 Å². The molecule has 5 heteroatoms. The molecule has 1 rings (SSSR count). The van der Waals surface area contributed by atoms with Gasteiger partial charge in [0.25, 0.3) is 0 Å². The van der Waals surface area contributed by atoms with Crippen LogP contribution in [0.25, 0.3) is 0 Å². The minimum absolute atomic E-state index is 0.306. The number of hydrogen-bond acceptors (Lipinski definition) is 5. The highest BCUT2D eigenvalue weighted by atomic mass is 16.5. The summed E-state index contributed by atoms with van der Waals surface area (Å²) in [6, 6.07) is 4.84. The first-order valence-corrected chi connectivity index (χ1v) is 6.29. The fourth-order valence-electron chi connectivity index (χ4n) is 1.76. The van der Waals surface area contributed by atoms with E-state index in [0.29, 0.717) is 24.7 Å².